The second-order valence-corrected chi connectivity index (χ2v) is 4.21. The first-order chi connectivity index (χ1) is 6.99. The van der Waals surface area contributed by atoms with E-state index in [0.717, 1.165) is 6.07 Å². The van der Waals surface area contributed by atoms with Crippen molar-refractivity contribution in [3.63, 3.8) is 0 Å². The Morgan fingerprint density at radius 2 is 2.07 bits per heavy atom. The maximum atomic E-state index is 13.3. The highest BCUT2D eigenvalue weighted by molar-refractivity contribution is 9.13. The molecule has 0 aromatic heterocycles. The van der Waals surface area contributed by atoms with E-state index in [-0.39, 0.29) is 15.6 Å². The number of esters is 1. The lowest BCUT2D eigenvalue weighted by atomic mass is 10.2. The Kier molecular flexibility index (Phi) is 4.21. The second kappa shape index (κ2) is 5.03. The molecule has 0 spiro atoms. The Morgan fingerprint density at radius 3 is 2.60 bits per heavy atom. The first-order valence-corrected chi connectivity index (χ1v) is 5.57. The van der Waals surface area contributed by atoms with Crippen molar-refractivity contribution in [2.75, 3.05) is 6.61 Å². The molecule has 1 aromatic carbocycles. The molecule has 0 fully saturated rings. The molecule has 2 nitrogen and oxygen atoms in total. The quantitative estimate of drug-likeness (QED) is 0.605. The maximum absolute atomic E-state index is 13.3. The molecule has 0 unspecified atom stereocenters. The van der Waals surface area contributed by atoms with Gasteiger partial charge in [0.2, 0.25) is 0 Å². The highest BCUT2D eigenvalue weighted by atomic mass is 79.9. The lowest BCUT2D eigenvalue weighted by molar-refractivity contribution is 0.0518. The molecule has 0 aliphatic rings. The molecule has 15 heavy (non-hydrogen) atoms. The van der Waals surface area contributed by atoms with Crippen LogP contribution in [0.2, 0.25) is 0 Å². The molecular weight excluding hydrogens is 338 g/mol. The average Bonchev–Trinajstić information content (AvgIpc) is 2.16. The van der Waals surface area contributed by atoms with E-state index in [1.54, 1.807) is 6.92 Å². The standard InChI is InChI=1S/C9H6Br2F2O2/c1-2-15-9(14)6-7(11)4(10)3-5(12)8(6)13/h3H,2H2,1H3. The highest BCUT2D eigenvalue weighted by Gasteiger charge is 2.22. The van der Waals surface area contributed by atoms with Gasteiger partial charge in [0.05, 0.1) is 6.61 Å². The summed E-state index contributed by atoms with van der Waals surface area (Å²) in [7, 11) is 0. The van der Waals surface area contributed by atoms with Crippen molar-refractivity contribution in [3.05, 3.63) is 32.2 Å². The fourth-order valence-electron chi connectivity index (χ4n) is 0.956. The van der Waals surface area contributed by atoms with Crippen molar-refractivity contribution in [2.45, 2.75) is 6.92 Å². The fraction of sp³-hybridized carbons (Fsp3) is 0.222. The van der Waals surface area contributed by atoms with Crippen molar-refractivity contribution in [1.82, 2.24) is 0 Å². The Morgan fingerprint density at radius 1 is 1.47 bits per heavy atom. The van der Waals surface area contributed by atoms with E-state index in [1.165, 1.54) is 0 Å². The van der Waals surface area contributed by atoms with E-state index in [4.69, 9.17) is 0 Å². The number of carbonyl (C=O) groups excluding carboxylic acids is 1. The summed E-state index contributed by atoms with van der Waals surface area (Å²) in [5.74, 6) is -3.22. The number of hydrogen-bond acceptors (Lipinski definition) is 2. The van der Waals surface area contributed by atoms with Crippen LogP contribution in [-0.2, 0) is 4.74 Å². The largest absolute Gasteiger partial charge is 0.462 e. The van der Waals surface area contributed by atoms with Gasteiger partial charge < -0.3 is 4.74 Å². The van der Waals surface area contributed by atoms with E-state index < -0.39 is 23.2 Å². The van der Waals surface area contributed by atoms with E-state index in [9.17, 15) is 13.6 Å². The minimum absolute atomic E-state index is 0.0961. The molecule has 0 bridgehead atoms. The van der Waals surface area contributed by atoms with Crippen LogP contribution in [0.5, 0.6) is 0 Å². The van der Waals surface area contributed by atoms with Crippen LogP contribution in [0, 0.1) is 11.6 Å². The summed E-state index contributed by atoms with van der Waals surface area (Å²) < 4.78 is 31.3. The molecule has 6 heteroatoms. The third-order valence-corrected chi connectivity index (χ3v) is 3.57. The number of halogens is 4. The summed E-state index contributed by atoms with van der Waals surface area (Å²) in [5, 5.41) is 0. The fourth-order valence-corrected chi connectivity index (χ4v) is 1.81. The van der Waals surface area contributed by atoms with E-state index in [1.807, 2.05) is 0 Å². The van der Waals surface area contributed by atoms with Crippen LogP contribution in [0.25, 0.3) is 0 Å². The summed E-state index contributed by atoms with van der Waals surface area (Å²) in [4.78, 5) is 11.3. The molecule has 0 aliphatic heterocycles. The van der Waals surface area contributed by atoms with Crippen LogP contribution in [-0.4, -0.2) is 12.6 Å². The van der Waals surface area contributed by atoms with Crippen LogP contribution in [0.15, 0.2) is 15.0 Å². The lowest BCUT2D eigenvalue weighted by Crippen LogP contribution is -2.10. The third kappa shape index (κ3) is 2.55. The van der Waals surface area contributed by atoms with Crippen molar-refractivity contribution in [3.8, 4) is 0 Å². The Bertz CT molecular complexity index is 381. The molecule has 0 amide bonds. The molecular formula is C9H6Br2F2O2. The van der Waals surface area contributed by atoms with Gasteiger partial charge in [0.15, 0.2) is 11.6 Å². The number of benzene rings is 1. The van der Waals surface area contributed by atoms with Crippen LogP contribution in [0.4, 0.5) is 8.78 Å². The molecule has 0 saturated heterocycles. The van der Waals surface area contributed by atoms with Gasteiger partial charge in [-0.1, -0.05) is 0 Å². The molecule has 0 heterocycles. The average molecular weight is 344 g/mol. The second-order valence-electron chi connectivity index (χ2n) is 2.56. The molecule has 1 rings (SSSR count). The smallest absolute Gasteiger partial charge is 0.342 e. The van der Waals surface area contributed by atoms with Gasteiger partial charge in [-0.15, -0.1) is 0 Å². The maximum Gasteiger partial charge on any atom is 0.342 e. The molecule has 0 aliphatic carbocycles. The summed E-state index contributed by atoms with van der Waals surface area (Å²) in [5.41, 5.74) is -0.441. The predicted molar refractivity (Wildman–Crippen MR) is 57.7 cm³/mol. The third-order valence-electron chi connectivity index (χ3n) is 1.59. The first kappa shape index (κ1) is 12.6. The Hall–Kier alpha value is -0.490. The lowest BCUT2D eigenvalue weighted by Gasteiger charge is -2.07. The zero-order valence-corrected chi connectivity index (χ0v) is 10.8. The number of rotatable bonds is 2. The van der Waals surface area contributed by atoms with Gasteiger partial charge in [0.1, 0.15) is 5.56 Å². The van der Waals surface area contributed by atoms with Gasteiger partial charge in [-0.3, -0.25) is 0 Å². The first-order valence-electron chi connectivity index (χ1n) is 3.99. The van der Waals surface area contributed by atoms with Crippen LogP contribution in [0.3, 0.4) is 0 Å². The summed E-state index contributed by atoms with van der Waals surface area (Å²) >= 11 is 5.97. The Labute approximate surface area is 102 Å². The van der Waals surface area contributed by atoms with Gasteiger partial charge >= 0.3 is 5.97 Å². The van der Waals surface area contributed by atoms with Gasteiger partial charge in [0.25, 0.3) is 0 Å². The van der Waals surface area contributed by atoms with Gasteiger partial charge in [0, 0.05) is 8.95 Å². The minimum Gasteiger partial charge on any atom is -0.462 e. The van der Waals surface area contributed by atoms with Crippen LogP contribution in [0.1, 0.15) is 17.3 Å². The van der Waals surface area contributed by atoms with E-state index in [2.05, 4.69) is 36.6 Å². The Balaban J connectivity index is 3.32. The van der Waals surface area contributed by atoms with Crippen molar-refractivity contribution >= 4 is 37.8 Å². The van der Waals surface area contributed by atoms with Crippen LogP contribution < -0.4 is 0 Å². The summed E-state index contributed by atoms with van der Waals surface area (Å²) in [6, 6.07) is 0.933. The molecule has 1 aromatic rings. The number of hydrogen-bond donors (Lipinski definition) is 0. The monoisotopic (exact) mass is 342 g/mol. The SMILES string of the molecule is CCOC(=O)c1c(F)c(F)cc(Br)c1Br. The normalized spacial score (nSPS) is 10.2. The van der Waals surface area contributed by atoms with Gasteiger partial charge in [-0.05, 0) is 44.8 Å². The molecule has 0 N–H and O–H groups in total. The zero-order valence-electron chi connectivity index (χ0n) is 7.61. The summed E-state index contributed by atoms with van der Waals surface area (Å²) in [6.07, 6.45) is 0. The molecule has 82 valence electrons. The minimum atomic E-state index is -1.22. The predicted octanol–water partition coefficient (Wildman–Crippen LogP) is 3.67. The zero-order chi connectivity index (χ0) is 11.6. The van der Waals surface area contributed by atoms with E-state index in [0.29, 0.717) is 0 Å². The topological polar surface area (TPSA) is 26.3 Å². The van der Waals surface area contributed by atoms with Crippen molar-refractivity contribution in [2.24, 2.45) is 0 Å². The van der Waals surface area contributed by atoms with Crippen LogP contribution >= 0.6 is 31.9 Å². The van der Waals surface area contributed by atoms with Crippen molar-refractivity contribution in [1.29, 1.82) is 0 Å². The summed E-state index contributed by atoms with van der Waals surface area (Å²) in [6.45, 7) is 1.68. The van der Waals surface area contributed by atoms with Gasteiger partial charge in [-0.2, -0.15) is 0 Å². The van der Waals surface area contributed by atoms with E-state index >= 15 is 0 Å². The number of carbonyl (C=O) groups is 1. The van der Waals surface area contributed by atoms with Crippen molar-refractivity contribution < 1.29 is 18.3 Å². The highest BCUT2D eigenvalue weighted by Crippen LogP contribution is 2.31. The molecule has 0 radical (unpaired) electrons. The number of ether oxygens (including phenoxy) is 1. The van der Waals surface area contributed by atoms with Gasteiger partial charge in [-0.25, -0.2) is 13.6 Å². The molecule has 0 atom stereocenters. The molecule has 0 saturated carbocycles.